The Morgan fingerprint density at radius 2 is 2.00 bits per heavy atom. The highest BCUT2D eigenvalue weighted by atomic mass is 35.5. The summed E-state index contributed by atoms with van der Waals surface area (Å²) in [5.41, 5.74) is 0.581. The second kappa shape index (κ2) is 7.57. The Morgan fingerprint density at radius 1 is 1.27 bits per heavy atom. The number of halogens is 1. The van der Waals surface area contributed by atoms with Crippen LogP contribution in [0, 0.1) is 6.92 Å². The molecule has 0 bridgehead atoms. The van der Waals surface area contributed by atoms with Crippen molar-refractivity contribution in [2.24, 2.45) is 0 Å². The molecule has 0 radical (unpaired) electrons. The minimum absolute atomic E-state index is 0.146. The molecule has 1 aromatic carbocycles. The molecular weight excluding hydrogens is 342 g/mol. The van der Waals surface area contributed by atoms with Crippen molar-refractivity contribution in [3.05, 3.63) is 56.7 Å². The Kier molecular flexibility index (Phi) is 6.00. The molecule has 0 aliphatic heterocycles. The van der Waals surface area contributed by atoms with E-state index in [2.05, 4.69) is 4.72 Å². The predicted octanol–water partition coefficient (Wildman–Crippen LogP) is 3.52. The zero-order valence-corrected chi connectivity index (χ0v) is 14.8. The number of sulfonamides is 1. The molecule has 0 saturated carbocycles. The minimum Gasteiger partial charge on any atom is -0.375 e. The van der Waals surface area contributed by atoms with Gasteiger partial charge in [-0.3, -0.25) is 0 Å². The van der Waals surface area contributed by atoms with Crippen LogP contribution in [0.3, 0.4) is 0 Å². The highest BCUT2D eigenvalue weighted by molar-refractivity contribution is 7.88. The van der Waals surface area contributed by atoms with Gasteiger partial charge in [-0.2, -0.15) is 0 Å². The van der Waals surface area contributed by atoms with Crippen molar-refractivity contribution in [1.29, 1.82) is 0 Å². The molecule has 1 aromatic heterocycles. The van der Waals surface area contributed by atoms with Crippen LogP contribution in [0.1, 0.15) is 21.4 Å². The van der Waals surface area contributed by atoms with Gasteiger partial charge in [-0.15, -0.1) is 11.3 Å². The van der Waals surface area contributed by atoms with Crippen molar-refractivity contribution in [3.8, 4) is 0 Å². The standard InChI is InChI=1S/C15H18ClNO3S2/c1-11-7-8-15(21-11)14(20-2)9-17-22(18,19)10-12-5-3-4-6-13(12)16/h3-8,14,17H,9-10H2,1-2H3. The van der Waals surface area contributed by atoms with Crippen molar-refractivity contribution in [1.82, 2.24) is 4.72 Å². The van der Waals surface area contributed by atoms with Gasteiger partial charge in [0, 0.05) is 28.4 Å². The second-order valence-electron chi connectivity index (χ2n) is 4.87. The maximum atomic E-state index is 12.2. The molecule has 2 aromatic rings. The molecule has 0 amide bonds. The number of thiophene rings is 1. The minimum atomic E-state index is -3.47. The molecule has 120 valence electrons. The number of aryl methyl sites for hydroxylation is 1. The first kappa shape index (κ1) is 17.4. The molecule has 0 spiro atoms. The van der Waals surface area contributed by atoms with Crippen LogP contribution in [0.2, 0.25) is 5.02 Å². The molecule has 1 atom stereocenters. The van der Waals surface area contributed by atoms with E-state index in [1.54, 1.807) is 42.7 Å². The number of benzene rings is 1. The van der Waals surface area contributed by atoms with E-state index in [1.165, 1.54) is 0 Å². The van der Waals surface area contributed by atoms with Crippen LogP contribution >= 0.6 is 22.9 Å². The number of nitrogens with one attached hydrogen (secondary N) is 1. The molecule has 0 saturated heterocycles. The molecule has 1 unspecified atom stereocenters. The van der Waals surface area contributed by atoms with Gasteiger partial charge in [-0.05, 0) is 30.7 Å². The summed E-state index contributed by atoms with van der Waals surface area (Å²) in [5, 5.41) is 0.449. The van der Waals surface area contributed by atoms with Gasteiger partial charge in [0.2, 0.25) is 10.0 Å². The average molecular weight is 360 g/mol. The van der Waals surface area contributed by atoms with Crippen LogP contribution in [-0.2, 0) is 20.5 Å². The first-order valence-electron chi connectivity index (χ1n) is 6.71. The molecular formula is C15H18ClNO3S2. The topological polar surface area (TPSA) is 55.4 Å². The monoisotopic (exact) mass is 359 g/mol. The third kappa shape index (κ3) is 4.79. The summed E-state index contributed by atoms with van der Waals surface area (Å²) in [6.07, 6.45) is -0.292. The average Bonchev–Trinajstić information content (AvgIpc) is 2.88. The lowest BCUT2D eigenvalue weighted by Crippen LogP contribution is -2.30. The zero-order chi connectivity index (χ0) is 16.2. The maximum absolute atomic E-state index is 12.2. The number of hydrogen-bond donors (Lipinski definition) is 1. The smallest absolute Gasteiger partial charge is 0.215 e. The SMILES string of the molecule is COC(CNS(=O)(=O)Cc1ccccc1Cl)c1ccc(C)s1. The van der Waals surface area contributed by atoms with Gasteiger partial charge in [0.15, 0.2) is 0 Å². The first-order valence-corrected chi connectivity index (χ1v) is 9.56. The van der Waals surface area contributed by atoms with E-state index < -0.39 is 10.0 Å². The summed E-state index contributed by atoms with van der Waals surface area (Å²) < 4.78 is 32.3. The summed E-state index contributed by atoms with van der Waals surface area (Å²) in [6, 6.07) is 10.9. The van der Waals surface area contributed by atoms with Gasteiger partial charge in [-0.1, -0.05) is 29.8 Å². The van der Waals surface area contributed by atoms with Gasteiger partial charge < -0.3 is 4.74 Å². The summed E-state index contributed by atoms with van der Waals surface area (Å²) in [5.74, 6) is -0.146. The first-order chi connectivity index (χ1) is 10.4. The van der Waals surface area contributed by atoms with Gasteiger partial charge >= 0.3 is 0 Å². The quantitative estimate of drug-likeness (QED) is 0.822. The van der Waals surface area contributed by atoms with E-state index in [-0.39, 0.29) is 18.4 Å². The van der Waals surface area contributed by atoms with Gasteiger partial charge in [0.1, 0.15) is 6.10 Å². The molecule has 0 fully saturated rings. The van der Waals surface area contributed by atoms with E-state index in [0.717, 1.165) is 9.75 Å². The summed E-state index contributed by atoms with van der Waals surface area (Å²) in [7, 11) is -1.90. The van der Waals surface area contributed by atoms with E-state index in [0.29, 0.717) is 10.6 Å². The van der Waals surface area contributed by atoms with Crippen LogP contribution in [0.25, 0.3) is 0 Å². The highest BCUT2D eigenvalue weighted by Gasteiger charge is 2.18. The van der Waals surface area contributed by atoms with E-state index in [1.807, 2.05) is 19.1 Å². The van der Waals surface area contributed by atoms with E-state index >= 15 is 0 Å². The molecule has 2 rings (SSSR count). The molecule has 22 heavy (non-hydrogen) atoms. The maximum Gasteiger partial charge on any atom is 0.215 e. The Morgan fingerprint density at radius 3 is 2.59 bits per heavy atom. The van der Waals surface area contributed by atoms with Crippen molar-refractivity contribution in [3.63, 3.8) is 0 Å². The van der Waals surface area contributed by atoms with Crippen LogP contribution in [0.4, 0.5) is 0 Å². The number of ether oxygens (including phenoxy) is 1. The lowest BCUT2D eigenvalue weighted by Gasteiger charge is -2.15. The molecule has 0 aliphatic rings. The van der Waals surface area contributed by atoms with Crippen LogP contribution < -0.4 is 4.72 Å². The highest BCUT2D eigenvalue weighted by Crippen LogP contribution is 2.25. The fourth-order valence-corrected chi connectivity index (χ4v) is 4.41. The summed E-state index contributed by atoms with van der Waals surface area (Å²) in [4.78, 5) is 2.16. The summed E-state index contributed by atoms with van der Waals surface area (Å²) in [6.45, 7) is 2.20. The number of methoxy groups -OCH3 is 1. The lowest BCUT2D eigenvalue weighted by molar-refractivity contribution is 0.110. The molecule has 0 aliphatic carbocycles. The largest absolute Gasteiger partial charge is 0.375 e. The molecule has 1 N–H and O–H groups in total. The van der Waals surface area contributed by atoms with E-state index in [4.69, 9.17) is 16.3 Å². The van der Waals surface area contributed by atoms with Gasteiger partial charge in [0.25, 0.3) is 0 Å². The third-order valence-corrected chi connectivity index (χ3v) is 5.91. The molecule has 1 heterocycles. The number of rotatable bonds is 7. The van der Waals surface area contributed by atoms with Gasteiger partial charge in [-0.25, -0.2) is 13.1 Å². The fourth-order valence-electron chi connectivity index (χ4n) is 2.00. The fraction of sp³-hybridized carbons (Fsp3) is 0.333. The van der Waals surface area contributed by atoms with Gasteiger partial charge in [0.05, 0.1) is 5.75 Å². The van der Waals surface area contributed by atoms with Crippen molar-refractivity contribution >= 4 is 33.0 Å². The lowest BCUT2D eigenvalue weighted by atomic mass is 10.2. The van der Waals surface area contributed by atoms with Crippen LogP contribution in [-0.4, -0.2) is 22.1 Å². The van der Waals surface area contributed by atoms with Crippen LogP contribution in [0.15, 0.2) is 36.4 Å². The Balaban J connectivity index is 2.01. The normalized spacial score (nSPS) is 13.2. The van der Waals surface area contributed by atoms with Crippen LogP contribution in [0.5, 0.6) is 0 Å². The number of hydrogen-bond acceptors (Lipinski definition) is 4. The Bertz CT molecular complexity index is 728. The molecule has 7 heteroatoms. The predicted molar refractivity (Wildman–Crippen MR) is 90.9 cm³/mol. The Labute approximate surface area is 140 Å². The third-order valence-electron chi connectivity index (χ3n) is 3.16. The van der Waals surface area contributed by atoms with Crippen molar-refractivity contribution in [2.75, 3.05) is 13.7 Å². The Hall–Kier alpha value is -0.920. The van der Waals surface area contributed by atoms with Crippen molar-refractivity contribution < 1.29 is 13.2 Å². The zero-order valence-electron chi connectivity index (χ0n) is 12.4. The van der Waals surface area contributed by atoms with Crippen molar-refractivity contribution in [2.45, 2.75) is 18.8 Å². The van der Waals surface area contributed by atoms with E-state index in [9.17, 15) is 8.42 Å². The second-order valence-corrected chi connectivity index (χ2v) is 8.41. The summed E-state index contributed by atoms with van der Waals surface area (Å²) >= 11 is 7.60. The molecule has 4 nitrogen and oxygen atoms in total.